The molecule has 2 saturated heterocycles. The van der Waals surface area contributed by atoms with Crippen LogP contribution in [-0.2, 0) is 0 Å². The number of piperidine rings is 1. The molecule has 2 fully saturated rings. The predicted octanol–water partition coefficient (Wildman–Crippen LogP) is 7.29. The van der Waals surface area contributed by atoms with Crippen LogP contribution in [0.25, 0.3) is 10.6 Å². The fraction of sp³-hybridized carbons (Fsp3) is 0.448. The number of aromatic nitrogens is 1. The Kier molecular flexibility index (Phi) is 8.42. The third kappa shape index (κ3) is 7.10. The van der Waals surface area contributed by atoms with Crippen LogP contribution in [0.2, 0.25) is 0 Å². The number of rotatable bonds is 6. The van der Waals surface area contributed by atoms with E-state index in [1.807, 2.05) is 24.0 Å². The summed E-state index contributed by atoms with van der Waals surface area (Å²) in [6, 6.07) is 13.0. The number of ether oxygens (including phenoxy) is 2. The van der Waals surface area contributed by atoms with E-state index in [4.69, 9.17) is 4.74 Å². The first-order valence-electron chi connectivity index (χ1n) is 13.4. The topological polar surface area (TPSA) is 54.9 Å². The van der Waals surface area contributed by atoms with Crippen molar-refractivity contribution in [3.8, 4) is 27.8 Å². The van der Waals surface area contributed by atoms with Crippen LogP contribution in [0, 0.1) is 6.92 Å². The highest BCUT2D eigenvalue weighted by atomic mass is 32.1. The van der Waals surface area contributed by atoms with E-state index < -0.39 is 6.36 Å². The van der Waals surface area contributed by atoms with E-state index in [0.29, 0.717) is 22.4 Å². The Balaban J connectivity index is 1.18. The number of hydrogen-bond donors (Lipinski definition) is 0. The van der Waals surface area contributed by atoms with Crippen LogP contribution < -0.4 is 9.47 Å². The number of halogens is 3. The highest BCUT2D eigenvalue weighted by molar-refractivity contribution is 7.17. The fourth-order valence-corrected chi connectivity index (χ4v) is 6.31. The second kappa shape index (κ2) is 12.0. The fourth-order valence-electron chi connectivity index (χ4n) is 5.27. The molecular formula is C29H32F3N3O3S. The molecule has 0 aliphatic carbocycles. The van der Waals surface area contributed by atoms with Gasteiger partial charge in [-0.25, -0.2) is 4.98 Å². The number of alkyl halides is 3. The van der Waals surface area contributed by atoms with Gasteiger partial charge in [0.05, 0.1) is 5.69 Å². The van der Waals surface area contributed by atoms with Crippen molar-refractivity contribution in [3.05, 3.63) is 59.1 Å². The molecule has 3 heterocycles. The molecule has 208 valence electrons. The third-order valence-corrected chi connectivity index (χ3v) is 8.49. The predicted molar refractivity (Wildman–Crippen MR) is 144 cm³/mol. The zero-order valence-corrected chi connectivity index (χ0v) is 22.7. The van der Waals surface area contributed by atoms with Crippen LogP contribution in [0.3, 0.4) is 0 Å². The number of carbonyl (C=O) groups excluding carboxylic acids is 1. The van der Waals surface area contributed by atoms with Crippen LogP contribution in [0.5, 0.6) is 17.2 Å². The maximum atomic E-state index is 13.4. The molecule has 5 rings (SSSR count). The average molecular weight is 560 g/mol. The number of benzene rings is 2. The van der Waals surface area contributed by atoms with Gasteiger partial charge in [0.1, 0.15) is 27.1 Å². The molecule has 39 heavy (non-hydrogen) atoms. The zero-order chi connectivity index (χ0) is 27.4. The van der Waals surface area contributed by atoms with Gasteiger partial charge in [0.2, 0.25) is 0 Å². The highest BCUT2D eigenvalue weighted by Gasteiger charge is 2.31. The van der Waals surface area contributed by atoms with E-state index in [0.717, 1.165) is 42.2 Å². The van der Waals surface area contributed by atoms with Crippen LogP contribution in [0.4, 0.5) is 13.2 Å². The quantitative estimate of drug-likeness (QED) is 0.318. The maximum absolute atomic E-state index is 13.4. The monoisotopic (exact) mass is 559 g/mol. The third-order valence-electron chi connectivity index (χ3n) is 7.29. The van der Waals surface area contributed by atoms with Crippen LogP contribution >= 0.6 is 11.3 Å². The number of nitrogens with zero attached hydrogens (tertiary/aromatic N) is 3. The lowest BCUT2D eigenvalue weighted by atomic mass is 10.0. The lowest BCUT2D eigenvalue weighted by molar-refractivity contribution is -0.274. The Morgan fingerprint density at radius 1 is 0.872 bits per heavy atom. The second-order valence-electron chi connectivity index (χ2n) is 10.1. The summed E-state index contributed by atoms with van der Waals surface area (Å²) in [5, 5.41) is 0.760. The molecule has 6 nitrogen and oxygen atoms in total. The highest BCUT2D eigenvalue weighted by Crippen LogP contribution is 2.33. The van der Waals surface area contributed by atoms with Crippen molar-refractivity contribution in [2.24, 2.45) is 0 Å². The van der Waals surface area contributed by atoms with Gasteiger partial charge in [-0.05, 0) is 94.2 Å². The van der Waals surface area contributed by atoms with Gasteiger partial charge < -0.3 is 19.3 Å². The average Bonchev–Trinajstić information content (AvgIpc) is 3.11. The SMILES string of the molecule is Cc1nc(-c2ccc(Oc3ccc(OC(F)(F)F)cc3)cc2)sc1C(=O)N1CCC(N2CCCCCC2)CC1. The van der Waals surface area contributed by atoms with Gasteiger partial charge in [-0.3, -0.25) is 4.79 Å². The van der Waals surface area contributed by atoms with E-state index in [9.17, 15) is 18.0 Å². The van der Waals surface area contributed by atoms with E-state index in [1.54, 1.807) is 12.1 Å². The molecule has 1 amide bonds. The minimum Gasteiger partial charge on any atom is -0.457 e. The smallest absolute Gasteiger partial charge is 0.457 e. The summed E-state index contributed by atoms with van der Waals surface area (Å²) in [6.07, 6.45) is 2.53. The van der Waals surface area contributed by atoms with Crippen molar-refractivity contribution in [2.75, 3.05) is 26.2 Å². The number of thiazole rings is 1. The summed E-state index contributed by atoms with van der Waals surface area (Å²) in [4.78, 5) is 23.3. The molecule has 0 atom stereocenters. The van der Waals surface area contributed by atoms with Crippen molar-refractivity contribution in [2.45, 2.75) is 57.9 Å². The molecule has 2 aliphatic rings. The molecule has 3 aromatic rings. The molecule has 0 saturated carbocycles. The molecule has 1 aromatic heterocycles. The van der Waals surface area contributed by atoms with Gasteiger partial charge in [-0.1, -0.05) is 12.8 Å². The summed E-state index contributed by atoms with van der Waals surface area (Å²) >= 11 is 1.40. The standard InChI is InChI=1S/C29H32F3N3O3S/c1-20-26(28(36)35-18-14-22(15-19-35)34-16-4-2-3-5-17-34)39-27(33-20)21-6-8-23(9-7-21)37-24-10-12-25(13-11-24)38-29(30,31)32/h6-13,22H,2-5,14-19H2,1H3. The first-order chi connectivity index (χ1) is 18.7. The van der Waals surface area contributed by atoms with Gasteiger partial charge in [0.25, 0.3) is 5.91 Å². The van der Waals surface area contributed by atoms with Crippen molar-refractivity contribution >= 4 is 17.2 Å². The number of carbonyl (C=O) groups is 1. The number of amides is 1. The van der Waals surface area contributed by atoms with Gasteiger partial charge in [-0.15, -0.1) is 24.5 Å². The lowest BCUT2D eigenvalue weighted by Gasteiger charge is -2.38. The Labute approximate surface area is 230 Å². The minimum absolute atomic E-state index is 0.0588. The van der Waals surface area contributed by atoms with Crippen molar-refractivity contribution in [1.82, 2.24) is 14.8 Å². The second-order valence-corrected chi connectivity index (χ2v) is 11.1. The summed E-state index contributed by atoms with van der Waals surface area (Å²) < 4.78 is 46.6. The summed E-state index contributed by atoms with van der Waals surface area (Å²) in [6.45, 7) is 5.80. The Morgan fingerprint density at radius 2 is 1.44 bits per heavy atom. The molecule has 2 aliphatic heterocycles. The molecule has 2 aromatic carbocycles. The summed E-state index contributed by atoms with van der Waals surface area (Å²) in [7, 11) is 0. The molecule has 0 spiro atoms. The van der Waals surface area contributed by atoms with Gasteiger partial charge in [0, 0.05) is 24.7 Å². The molecule has 0 bridgehead atoms. The van der Waals surface area contributed by atoms with Crippen molar-refractivity contribution in [1.29, 1.82) is 0 Å². The van der Waals surface area contributed by atoms with E-state index >= 15 is 0 Å². The van der Waals surface area contributed by atoms with Crippen LogP contribution in [0.1, 0.15) is 53.9 Å². The van der Waals surface area contributed by atoms with E-state index in [1.165, 1.54) is 74.4 Å². The largest absolute Gasteiger partial charge is 0.573 e. The van der Waals surface area contributed by atoms with Gasteiger partial charge in [0.15, 0.2) is 0 Å². The number of hydrogen-bond acceptors (Lipinski definition) is 6. The molecule has 0 N–H and O–H groups in total. The van der Waals surface area contributed by atoms with Crippen molar-refractivity contribution in [3.63, 3.8) is 0 Å². The minimum atomic E-state index is -4.74. The summed E-state index contributed by atoms with van der Waals surface area (Å²) in [5.41, 5.74) is 1.60. The van der Waals surface area contributed by atoms with Crippen LogP contribution in [-0.4, -0.2) is 59.3 Å². The Morgan fingerprint density at radius 3 is 2.03 bits per heavy atom. The van der Waals surface area contributed by atoms with Gasteiger partial charge in [-0.2, -0.15) is 0 Å². The molecule has 10 heteroatoms. The molecule has 0 radical (unpaired) electrons. The van der Waals surface area contributed by atoms with Crippen LogP contribution in [0.15, 0.2) is 48.5 Å². The first-order valence-corrected chi connectivity index (χ1v) is 14.2. The first kappa shape index (κ1) is 27.5. The van der Waals surface area contributed by atoms with E-state index in [2.05, 4.69) is 14.6 Å². The Hall–Kier alpha value is -3.11. The number of likely N-dealkylation sites (tertiary alicyclic amines) is 2. The van der Waals surface area contributed by atoms with Gasteiger partial charge >= 0.3 is 6.36 Å². The van der Waals surface area contributed by atoms with E-state index in [-0.39, 0.29) is 11.7 Å². The van der Waals surface area contributed by atoms with Crippen molar-refractivity contribution < 1.29 is 27.4 Å². The molecule has 0 unspecified atom stereocenters. The summed E-state index contributed by atoms with van der Waals surface area (Å²) in [5.74, 6) is 0.662. The zero-order valence-electron chi connectivity index (χ0n) is 21.9. The maximum Gasteiger partial charge on any atom is 0.573 e. The normalized spacial score (nSPS) is 17.6. The molecular weight excluding hydrogens is 527 g/mol. The number of aryl methyl sites for hydroxylation is 1. The Bertz CT molecular complexity index is 1250. The lowest BCUT2D eigenvalue weighted by Crippen LogP contribution is -2.47.